The van der Waals surface area contributed by atoms with Gasteiger partial charge in [-0.3, -0.25) is 4.79 Å². The second-order valence-corrected chi connectivity index (χ2v) is 10.3. The molecule has 1 N–H and O–H groups in total. The molecular formula is C30H35N5O2. The van der Waals surface area contributed by atoms with Gasteiger partial charge in [0.05, 0.1) is 12.8 Å². The third-order valence-corrected chi connectivity index (χ3v) is 7.86. The lowest BCUT2D eigenvalue weighted by molar-refractivity contribution is 0.414. The molecule has 192 valence electrons. The van der Waals surface area contributed by atoms with Crippen molar-refractivity contribution in [3.05, 3.63) is 75.7 Å². The first kappa shape index (κ1) is 23.6. The van der Waals surface area contributed by atoms with Crippen molar-refractivity contribution in [2.24, 2.45) is 0 Å². The molecule has 0 unspecified atom stereocenters. The lowest BCUT2D eigenvalue weighted by Gasteiger charge is -2.28. The molecule has 0 spiro atoms. The molecule has 6 rings (SSSR count). The molecule has 2 aliphatic rings. The second kappa shape index (κ2) is 9.96. The molecule has 0 atom stereocenters. The van der Waals surface area contributed by atoms with Crippen LogP contribution in [0.2, 0.25) is 0 Å². The quantitative estimate of drug-likeness (QED) is 0.397. The molecule has 0 aliphatic carbocycles. The molecule has 0 amide bonds. The number of piperidine rings is 1. The van der Waals surface area contributed by atoms with Gasteiger partial charge in [-0.1, -0.05) is 36.4 Å². The fourth-order valence-electron chi connectivity index (χ4n) is 5.88. The summed E-state index contributed by atoms with van der Waals surface area (Å²) in [6, 6.07) is 16.5. The van der Waals surface area contributed by atoms with E-state index >= 15 is 0 Å². The van der Waals surface area contributed by atoms with Gasteiger partial charge in [-0.15, -0.1) is 0 Å². The maximum Gasteiger partial charge on any atom is 0.278 e. The Morgan fingerprint density at radius 2 is 1.62 bits per heavy atom. The van der Waals surface area contributed by atoms with Crippen LogP contribution in [0.25, 0.3) is 16.9 Å². The zero-order chi connectivity index (χ0) is 25.4. The summed E-state index contributed by atoms with van der Waals surface area (Å²) in [4.78, 5) is 22.3. The Morgan fingerprint density at radius 1 is 0.919 bits per heavy atom. The first-order chi connectivity index (χ1) is 18.1. The zero-order valence-electron chi connectivity index (χ0n) is 21.8. The van der Waals surface area contributed by atoms with E-state index in [1.54, 1.807) is 11.6 Å². The van der Waals surface area contributed by atoms with Crippen molar-refractivity contribution in [2.75, 3.05) is 43.1 Å². The van der Waals surface area contributed by atoms with Crippen molar-refractivity contribution < 1.29 is 4.74 Å². The molecule has 37 heavy (non-hydrogen) atoms. The number of fused-ring (bicyclic) bond motifs is 1. The topological polar surface area (TPSA) is 65.9 Å². The van der Waals surface area contributed by atoms with Crippen molar-refractivity contribution in [3.8, 4) is 17.0 Å². The molecule has 0 bridgehead atoms. The molecule has 2 fully saturated rings. The third kappa shape index (κ3) is 4.37. The van der Waals surface area contributed by atoms with Gasteiger partial charge < -0.3 is 19.5 Å². The number of ether oxygens (including phenoxy) is 1. The van der Waals surface area contributed by atoms with E-state index in [9.17, 15) is 4.79 Å². The van der Waals surface area contributed by atoms with Gasteiger partial charge in [0.25, 0.3) is 5.56 Å². The van der Waals surface area contributed by atoms with E-state index in [0.717, 1.165) is 89.9 Å². The number of rotatable bonds is 6. The fourth-order valence-corrected chi connectivity index (χ4v) is 5.88. The maximum atomic E-state index is 13.9. The number of aromatic nitrogens is 3. The highest BCUT2D eigenvalue weighted by Gasteiger charge is 2.25. The average molecular weight is 498 g/mol. The molecule has 2 aliphatic heterocycles. The molecule has 7 nitrogen and oxygen atoms in total. The number of methoxy groups -OCH3 is 1. The molecule has 4 aromatic rings. The van der Waals surface area contributed by atoms with Gasteiger partial charge in [-0.25, -0.2) is 0 Å². The predicted molar refractivity (Wildman–Crippen MR) is 149 cm³/mol. The minimum Gasteiger partial charge on any atom is -0.495 e. The molecule has 0 saturated carbocycles. The van der Waals surface area contributed by atoms with Crippen LogP contribution in [0.5, 0.6) is 5.75 Å². The van der Waals surface area contributed by atoms with Gasteiger partial charge in [0.15, 0.2) is 5.65 Å². The van der Waals surface area contributed by atoms with Crippen LogP contribution < -0.4 is 20.1 Å². The van der Waals surface area contributed by atoms with Gasteiger partial charge in [-0.2, -0.15) is 9.61 Å². The van der Waals surface area contributed by atoms with Crippen molar-refractivity contribution >= 4 is 17.0 Å². The van der Waals surface area contributed by atoms with E-state index in [4.69, 9.17) is 9.84 Å². The Hall–Kier alpha value is -3.74. The van der Waals surface area contributed by atoms with Gasteiger partial charge in [0.1, 0.15) is 17.1 Å². The van der Waals surface area contributed by atoms with E-state index < -0.39 is 0 Å². The highest BCUT2D eigenvalue weighted by molar-refractivity contribution is 5.86. The summed E-state index contributed by atoms with van der Waals surface area (Å²) in [6.07, 6.45) is 6.50. The summed E-state index contributed by atoms with van der Waals surface area (Å²) >= 11 is 0. The van der Waals surface area contributed by atoms with Crippen LogP contribution in [-0.2, 0) is 6.42 Å². The number of anilines is 2. The number of benzene rings is 2. The van der Waals surface area contributed by atoms with E-state index in [1.807, 2.05) is 31.2 Å². The summed E-state index contributed by atoms with van der Waals surface area (Å²) in [6.45, 7) is 6.06. The second-order valence-electron chi connectivity index (χ2n) is 10.3. The van der Waals surface area contributed by atoms with E-state index in [2.05, 4.69) is 39.0 Å². The Bertz CT molecular complexity index is 1460. The minimum absolute atomic E-state index is 0.0507. The standard InChI is InChI=1S/C30H35N5O2/c1-21-24(19-22-13-14-26(37-2)25(20-22)33-15-9-10-16-33)30(36)35-29(31-21)28(34-17-7-4-8-18-34)27(32-35)23-11-5-3-6-12-23/h3,5-6,11-14,20,31H,4,7-10,15-19H2,1-2H3. The average Bonchev–Trinajstić information content (AvgIpc) is 3.61. The molecule has 2 saturated heterocycles. The van der Waals surface area contributed by atoms with Crippen LogP contribution in [0.3, 0.4) is 0 Å². The lowest BCUT2D eigenvalue weighted by Crippen LogP contribution is -2.30. The fraction of sp³-hybridized carbons (Fsp3) is 0.400. The highest BCUT2D eigenvalue weighted by Crippen LogP contribution is 2.35. The van der Waals surface area contributed by atoms with E-state index in [0.29, 0.717) is 6.42 Å². The zero-order valence-corrected chi connectivity index (χ0v) is 21.8. The number of nitrogens with zero attached hydrogens (tertiary/aromatic N) is 4. The summed E-state index contributed by atoms with van der Waals surface area (Å²) in [5.74, 6) is 0.887. The number of aryl methyl sites for hydroxylation is 1. The van der Waals surface area contributed by atoms with Crippen LogP contribution in [0, 0.1) is 6.92 Å². The van der Waals surface area contributed by atoms with Crippen LogP contribution in [0.4, 0.5) is 11.4 Å². The van der Waals surface area contributed by atoms with Crippen molar-refractivity contribution in [2.45, 2.75) is 45.4 Å². The summed E-state index contributed by atoms with van der Waals surface area (Å²) in [5, 5.41) is 4.91. The van der Waals surface area contributed by atoms with Crippen LogP contribution in [-0.4, -0.2) is 47.9 Å². The van der Waals surface area contributed by atoms with Crippen LogP contribution in [0.1, 0.15) is 48.9 Å². The Kier molecular flexibility index (Phi) is 6.37. The van der Waals surface area contributed by atoms with Gasteiger partial charge in [0, 0.05) is 49.4 Å². The number of hydrogen-bond acceptors (Lipinski definition) is 5. The normalized spacial score (nSPS) is 16.1. The highest BCUT2D eigenvalue weighted by atomic mass is 16.5. The van der Waals surface area contributed by atoms with Crippen molar-refractivity contribution in [1.29, 1.82) is 0 Å². The smallest absolute Gasteiger partial charge is 0.278 e. The predicted octanol–water partition coefficient (Wildman–Crippen LogP) is 5.19. The van der Waals surface area contributed by atoms with Crippen LogP contribution in [0.15, 0.2) is 53.3 Å². The Labute approximate surface area is 217 Å². The molecule has 2 aromatic heterocycles. The maximum absolute atomic E-state index is 13.9. The summed E-state index contributed by atoms with van der Waals surface area (Å²) < 4.78 is 7.25. The molecular weight excluding hydrogens is 462 g/mol. The van der Waals surface area contributed by atoms with E-state index in [-0.39, 0.29) is 5.56 Å². The number of H-pyrrole nitrogens is 1. The first-order valence-electron chi connectivity index (χ1n) is 13.5. The monoisotopic (exact) mass is 497 g/mol. The first-order valence-corrected chi connectivity index (χ1v) is 13.5. The van der Waals surface area contributed by atoms with Gasteiger partial charge in [0.2, 0.25) is 0 Å². The summed E-state index contributed by atoms with van der Waals surface area (Å²) in [7, 11) is 1.72. The third-order valence-electron chi connectivity index (χ3n) is 7.86. The molecule has 4 heterocycles. The molecule has 0 radical (unpaired) electrons. The lowest BCUT2D eigenvalue weighted by atomic mass is 10.0. The van der Waals surface area contributed by atoms with Gasteiger partial charge in [-0.05, 0) is 56.7 Å². The number of nitrogens with one attached hydrogen (secondary N) is 1. The van der Waals surface area contributed by atoms with Crippen molar-refractivity contribution in [1.82, 2.24) is 14.6 Å². The SMILES string of the molecule is COc1ccc(Cc2c(C)[nH]c3c(N4CCCCC4)c(-c4ccccc4)nn3c2=O)cc1N1CCCC1. The Morgan fingerprint density at radius 3 is 2.35 bits per heavy atom. The van der Waals surface area contributed by atoms with Gasteiger partial charge >= 0.3 is 0 Å². The summed E-state index contributed by atoms with van der Waals surface area (Å²) in [5.41, 5.74) is 7.54. The molecule has 2 aromatic carbocycles. The van der Waals surface area contributed by atoms with E-state index in [1.165, 1.54) is 19.3 Å². The molecule has 7 heteroatoms. The largest absolute Gasteiger partial charge is 0.495 e. The van der Waals surface area contributed by atoms with Crippen LogP contribution >= 0.6 is 0 Å². The Balaban J connectivity index is 1.45. The number of aromatic amines is 1. The van der Waals surface area contributed by atoms with Crippen molar-refractivity contribution in [3.63, 3.8) is 0 Å². The number of hydrogen-bond donors (Lipinski definition) is 1. The minimum atomic E-state index is -0.0507.